The van der Waals surface area contributed by atoms with E-state index in [1.54, 1.807) is 0 Å². The Morgan fingerprint density at radius 2 is 1.78 bits per heavy atom. The van der Waals surface area contributed by atoms with Crippen molar-refractivity contribution in [3.63, 3.8) is 0 Å². The molecule has 0 bridgehead atoms. The zero-order valence-electron chi connectivity index (χ0n) is 17.2. The number of hydrogen-bond donors (Lipinski definition) is 0. The van der Waals surface area contributed by atoms with E-state index >= 15 is 0 Å². The van der Waals surface area contributed by atoms with Crippen molar-refractivity contribution in [2.75, 3.05) is 0 Å². The number of carbonyl (C=O) groups is 1. The molecule has 1 atom stereocenters. The molecule has 0 spiro atoms. The molecule has 1 aromatic carbocycles. The number of ether oxygens (including phenoxy) is 1. The molecule has 0 N–H and O–H groups in total. The van der Waals surface area contributed by atoms with Crippen molar-refractivity contribution in [1.29, 1.82) is 0 Å². The Morgan fingerprint density at radius 1 is 1.04 bits per heavy atom. The van der Waals surface area contributed by atoms with Gasteiger partial charge in [0.15, 0.2) is 0 Å². The van der Waals surface area contributed by atoms with Gasteiger partial charge < -0.3 is 4.74 Å². The average Bonchev–Trinajstić information content (AvgIpc) is 2.70. The van der Waals surface area contributed by atoms with Gasteiger partial charge >= 0.3 is 5.97 Å². The Morgan fingerprint density at radius 3 is 2.41 bits per heavy atom. The lowest BCUT2D eigenvalue weighted by Gasteiger charge is -2.28. The lowest BCUT2D eigenvalue weighted by molar-refractivity contribution is 0.0161. The van der Waals surface area contributed by atoms with Gasteiger partial charge in [-0.15, -0.1) is 0 Å². The summed E-state index contributed by atoms with van der Waals surface area (Å²) in [6.07, 6.45) is 15.9. The Labute approximate surface area is 165 Å². The molecular formula is C25H36O2. The molecule has 148 valence electrons. The van der Waals surface area contributed by atoms with Crippen molar-refractivity contribution >= 4 is 11.5 Å². The number of esters is 1. The van der Waals surface area contributed by atoms with Gasteiger partial charge in [-0.1, -0.05) is 57.7 Å². The standard InChI is InChI=1S/C25H36O2/c1-3-4-5-6-20-9-17-24(18-10-20)27-25(26)23-15-13-22(14-16-23)21-11-7-19(2)8-12-21/h11,13-16,19-20,24H,3-10,12,17-18H2,1-2H3. The molecule has 0 saturated heterocycles. The van der Waals surface area contributed by atoms with E-state index in [1.165, 1.54) is 62.5 Å². The van der Waals surface area contributed by atoms with Gasteiger partial charge in [-0.2, -0.15) is 0 Å². The summed E-state index contributed by atoms with van der Waals surface area (Å²) in [5.74, 6) is 1.49. The van der Waals surface area contributed by atoms with Crippen LogP contribution < -0.4 is 0 Å². The van der Waals surface area contributed by atoms with Gasteiger partial charge in [-0.05, 0) is 80.1 Å². The summed E-state index contributed by atoms with van der Waals surface area (Å²) in [6, 6.07) is 8.05. The zero-order valence-corrected chi connectivity index (χ0v) is 17.2. The van der Waals surface area contributed by atoms with E-state index in [9.17, 15) is 4.79 Å². The minimum Gasteiger partial charge on any atom is -0.459 e. The third-order valence-electron chi connectivity index (χ3n) is 6.45. The fourth-order valence-corrected chi connectivity index (χ4v) is 4.49. The van der Waals surface area contributed by atoms with Crippen LogP contribution in [0.25, 0.3) is 5.57 Å². The van der Waals surface area contributed by atoms with Crippen molar-refractivity contribution < 1.29 is 9.53 Å². The SMILES string of the molecule is CCCCCC1CCC(OC(=O)c2ccc(C3=CCC(C)CC3)cc2)CC1. The van der Waals surface area contributed by atoms with Crippen LogP contribution in [0, 0.1) is 11.8 Å². The number of rotatable bonds is 7. The second-order valence-electron chi connectivity index (χ2n) is 8.73. The van der Waals surface area contributed by atoms with Gasteiger partial charge in [0, 0.05) is 0 Å². The Balaban J connectivity index is 1.46. The van der Waals surface area contributed by atoms with E-state index in [4.69, 9.17) is 4.74 Å². The molecule has 2 aliphatic rings. The number of hydrogen-bond acceptors (Lipinski definition) is 2. The molecule has 3 rings (SSSR count). The van der Waals surface area contributed by atoms with Gasteiger partial charge in [0.25, 0.3) is 0 Å². The molecule has 0 amide bonds. The van der Waals surface area contributed by atoms with Crippen LogP contribution in [0.2, 0.25) is 0 Å². The second kappa shape index (κ2) is 10.1. The third kappa shape index (κ3) is 5.96. The maximum Gasteiger partial charge on any atom is 0.338 e. The summed E-state index contributed by atoms with van der Waals surface area (Å²) in [6.45, 7) is 4.57. The maximum atomic E-state index is 12.5. The molecule has 0 aliphatic heterocycles. The van der Waals surface area contributed by atoms with Crippen molar-refractivity contribution in [3.8, 4) is 0 Å². The minimum absolute atomic E-state index is 0.113. The predicted octanol–water partition coefficient (Wildman–Crippen LogP) is 7.19. The van der Waals surface area contributed by atoms with Gasteiger partial charge in [-0.3, -0.25) is 0 Å². The van der Waals surface area contributed by atoms with E-state index in [0.717, 1.165) is 31.1 Å². The summed E-state index contributed by atoms with van der Waals surface area (Å²) in [7, 11) is 0. The van der Waals surface area contributed by atoms with Crippen molar-refractivity contribution in [3.05, 3.63) is 41.5 Å². The fraction of sp³-hybridized carbons (Fsp3) is 0.640. The molecule has 1 unspecified atom stereocenters. The van der Waals surface area contributed by atoms with Gasteiger partial charge in [0.1, 0.15) is 6.10 Å². The summed E-state index contributed by atoms with van der Waals surface area (Å²) in [5.41, 5.74) is 3.37. The predicted molar refractivity (Wildman–Crippen MR) is 113 cm³/mol. The zero-order chi connectivity index (χ0) is 19.1. The molecular weight excluding hydrogens is 332 g/mol. The van der Waals surface area contributed by atoms with Gasteiger partial charge in [0.2, 0.25) is 0 Å². The average molecular weight is 369 g/mol. The highest BCUT2D eigenvalue weighted by Crippen LogP contribution is 2.31. The molecule has 1 fully saturated rings. The molecule has 1 aromatic rings. The van der Waals surface area contributed by atoms with Crippen LogP contribution in [-0.2, 0) is 4.74 Å². The van der Waals surface area contributed by atoms with Crippen molar-refractivity contribution in [2.24, 2.45) is 11.8 Å². The van der Waals surface area contributed by atoms with E-state index in [0.29, 0.717) is 5.56 Å². The van der Waals surface area contributed by atoms with Crippen LogP contribution >= 0.6 is 0 Å². The van der Waals surface area contributed by atoms with E-state index < -0.39 is 0 Å². The molecule has 0 heterocycles. The van der Waals surface area contributed by atoms with Crippen LogP contribution in [0.5, 0.6) is 0 Å². The summed E-state index contributed by atoms with van der Waals surface area (Å²) in [5, 5.41) is 0. The summed E-state index contributed by atoms with van der Waals surface area (Å²) in [4.78, 5) is 12.5. The number of carbonyl (C=O) groups excluding carboxylic acids is 1. The largest absolute Gasteiger partial charge is 0.459 e. The molecule has 0 aromatic heterocycles. The monoisotopic (exact) mass is 368 g/mol. The quantitative estimate of drug-likeness (QED) is 0.376. The summed E-state index contributed by atoms with van der Waals surface area (Å²) >= 11 is 0. The fourth-order valence-electron chi connectivity index (χ4n) is 4.49. The molecule has 2 aliphatic carbocycles. The molecule has 0 radical (unpaired) electrons. The highest BCUT2D eigenvalue weighted by Gasteiger charge is 2.24. The van der Waals surface area contributed by atoms with Gasteiger partial charge in [0.05, 0.1) is 5.56 Å². The van der Waals surface area contributed by atoms with E-state index in [1.807, 2.05) is 12.1 Å². The Hall–Kier alpha value is -1.57. The Kier molecular flexibility index (Phi) is 7.55. The lowest BCUT2D eigenvalue weighted by Crippen LogP contribution is -2.24. The molecule has 1 saturated carbocycles. The highest BCUT2D eigenvalue weighted by atomic mass is 16.5. The third-order valence-corrected chi connectivity index (χ3v) is 6.45. The number of unbranched alkanes of at least 4 members (excludes halogenated alkanes) is 2. The first kappa shape index (κ1) is 20.2. The smallest absolute Gasteiger partial charge is 0.338 e. The summed E-state index contributed by atoms with van der Waals surface area (Å²) < 4.78 is 5.80. The molecule has 2 heteroatoms. The maximum absolute atomic E-state index is 12.5. The van der Waals surface area contributed by atoms with Crippen molar-refractivity contribution in [2.45, 2.75) is 90.6 Å². The first-order chi connectivity index (χ1) is 13.2. The first-order valence-electron chi connectivity index (χ1n) is 11.2. The first-order valence-corrected chi connectivity index (χ1v) is 11.2. The van der Waals surface area contributed by atoms with Crippen LogP contribution in [0.15, 0.2) is 30.3 Å². The van der Waals surface area contributed by atoms with E-state index in [2.05, 4.69) is 32.1 Å². The van der Waals surface area contributed by atoms with Crippen LogP contribution in [0.1, 0.15) is 100 Å². The normalized spacial score (nSPS) is 25.7. The number of allylic oxidation sites excluding steroid dienone is 2. The highest BCUT2D eigenvalue weighted by molar-refractivity contribution is 5.90. The lowest BCUT2D eigenvalue weighted by atomic mass is 9.84. The minimum atomic E-state index is -0.151. The van der Waals surface area contributed by atoms with E-state index in [-0.39, 0.29) is 12.1 Å². The van der Waals surface area contributed by atoms with Crippen LogP contribution in [0.4, 0.5) is 0 Å². The van der Waals surface area contributed by atoms with Crippen molar-refractivity contribution in [1.82, 2.24) is 0 Å². The molecule has 27 heavy (non-hydrogen) atoms. The second-order valence-corrected chi connectivity index (χ2v) is 8.73. The van der Waals surface area contributed by atoms with Crippen LogP contribution in [0.3, 0.4) is 0 Å². The molecule has 2 nitrogen and oxygen atoms in total. The topological polar surface area (TPSA) is 26.3 Å². The Bertz CT molecular complexity index is 620. The van der Waals surface area contributed by atoms with Gasteiger partial charge in [-0.25, -0.2) is 4.79 Å². The number of benzene rings is 1. The van der Waals surface area contributed by atoms with Crippen LogP contribution in [-0.4, -0.2) is 12.1 Å².